The average molecular weight is 366 g/mol. The molecule has 0 saturated carbocycles. The van der Waals surface area contributed by atoms with E-state index in [4.69, 9.17) is 17.3 Å². The number of amides is 1. The number of nitrogens with one attached hydrogen (secondary N) is 1. The van der Waals surface area contributed by atoms with Crippen molar-refractivity contribution in [2.75, 3.05) is 19.0 Å². The van der Waals surface area contributed by atoms with Crippen LogP contribution in [0.5, 0.6) is 0 Å². The smallest absolute Gasteiger partial charge is 0.282 e. The van der Waals surface area contributed by atoms with E-state index in [1.165, 1.54) is 0 Å². The summed E-state index contributed by atoms with van der Waals surface area (Å²) >= 11 is 7.00. The predicted octanol–water partition coefficient (Wildman–Crippen LogP) is 2.38. The number of carbonyl (C=O) groups excluding carboxylic acids is 1. The molecule has 9 heteroatoms. The molecule has 0 atom stereocenters. The molecule has 2 heterocycles. The maximum Gasteiger partial charge on any atom is 0.282 e. The molecule has 1 amide bonds. The molecule has 2 aromatic heterocycles. The topological polar surface area (TPSA) is 90.0 Å². The summed E-state index contributed by atoms with van der Waals surface area (Å²) in [6, 6.07) is 6.42. The van der Waals surface area contributed by atoms with Gasteiger partial charge in [-0.25, -0.2) is 4.39 Å². The van der Waals surface area contributed by atoms with Gasteiger partial charge >= 0.3 is 0 Å². The summed E-state index contributed by atoms with van der Waals surface area (Å²) in [7, 11) is 0. The van der Waals surface area contributed by atoms with Gasteiger partial charge in [0.15, 0.2) is 5.69 Å². The molecule has 3 rings (SSSR count). The normalized spacial score (nSPS) is 10.9. The van der Waals surface area contributed by atoms with Crippen LogP contribution in [0.2, 0.25) is 5.02 Å². The van der Waals surface area contributed by atoms with E-state index in [0.717, 1.165) is 16.0 Å². The number of halogens is 2. The van der Waals surface area contributed by atoms with Crippen molar-refractivity contribution in [1.29, 1.82) is 0 Å². The third-order valence-corrected chi connectivity index (χ3v) is 4.41. The highest BCUT2D eigenvalue weighted by Crippen LogP contribution is 2.27. The second-order valence-corrected chi connectivity index (χ2v) is 6.22. The van der Waals surface area contributed by atoms with Gasteiger partial charge in [0.2, 0.25) is 0 Å². The van der Waals surface area contributed by atoms with Gasteiger partial charge in [-0.05, 0) is 24.3 Å². The van der Waals surface area contributed by atoms with Crippen molar-refractivity contribution < 1.29 is 9.18 Å². The molecular weight excluding hydrogens is 354 g/mol. The van der Waals surface area contributed by atoms with Crippen molar-refractivity contribution in [3.63, 3.8) is 0 Å². The molecule has 24 heavy (non-hydrogen) atoms. The molecule has 0 bridgehead atoms. The predicted molar refractivity (Wildman–Crippen MR) is 92.9 cm³/mol. The Labute approximate surface area is 144 Å². The number of benzene rings is 1. The van der Waals surface area contributed by atoms with Crippen LogP contribution in [0.15, 0.2) is 34.4 Å². The number of hydrogen-bond acceptors (Lipinski definition) is 5. The number of aromatic nitrogens is 2. The molecule has 124 valence electrons. The Balaban J connectivity index is 2.25. The van der Waals surface area contributed by atoms with Crippen molar-refractivity contribution in [3.05, 3.63) is 50.7 Å². The quantitative estimate of drug-likeness (QED) is 0.742. The number of thiophene rings is 1. The third-order valence-electron chi connectivity index (χ3n) is 3.35. The van der Waals surface area contributed by atoms with Crippen LogP contribution in [0.3, 0.4) is 0 Å². The molecule has 0 aliphatic rings. The lowest BCUT2D eigenvalue weighted by atomic mass is 10.2. The molecule has 0 aliphatic carbocycles. The zero-order chi connectivity index (χ0) is 17.3. The SMILES string of the molecule is Nc1scc2c(C(=O)NCC[18F])nn(-c3ccc(Cl)cc3)c(=O)c12. The number of alkyl halides is 1. The molecule has 3 N–H and O–H groups in total. The van der Waals surface area contributed by atoms with Gasteiger partial charge in [0.1, 0.15) is 6.67 Å². The highest BCUT2D eigenvalue weighted by molar-refractivity contribution is 7.15. The Bertz CT molecular complexity index is 968. The minimum absolute atomic E-state index is 0.0148. The molecule has 0 unspecified atom stereocenters. The van der Waals surface area contributed by atoms with Crippen LogP contribution in [-0.4, -0.2) is 28.9 Å². The van der Waals surface area contributed by atoms with Crippen molar-refractivity contribution >= 4 is 44.6 Å². The molecular formula is C15H12ClFN4O2S. The van der Waals surface area contributed by atoms with E-state index in [1.54, 1.807) is 29.6 Å². The minimum Gasteiger partial charge on any atom is -0.390 e. The highest BCUT2D eigenvalue weighted by atomic mass is 35.5. The van der Waals surface area contributed by atoms with Gasteiger partial charge in [-0.3, -0.25) is 9.59 Å². The molecule has 1 aromatic carbocycles. The first-order valence-corrected chi connectivity index (χ1v) is 8.19. The standard InChI is InChI=1S/C15H12ClFN4O2S/c16-8-1-3-9(4-2-8)21-15(23)11-10(7-24-13(11)18)12(20-21)14(22)19-6-5-17/h1-4,7H,5-6,18H2,(H,19,22)/i17-1. The van der Waals surface area contributed by atoms with Crippen LogP contribution < -0.4 is 16.6 Å². The molecule has 0 fully saturated rings. The first-order chi connectivity index (χ1) is 11.5. The van der Waals surface area contributed by atoms with E-state index < -0.39 is 18.1 Å². The highest BCUT2D eigenvalue weighted by Gasteiger charge is 2.20. The van der Waals surface area contributed by atoms with Gasteiger partial charge in [0.25, 0.3) is 11.5 Å². The molecule has 0 aliphatic heterocycles. The molecule has 0 spiro atoms. The summed E-state index contributed by atoms with van der Waals surface area (Å²) in [5.74, 6) is -0.571. The number of hydrogen-bond donors (Lipinski definition) is 2. The van der Waals surface area contributed by atoms with Crippen LogP contribution in [0.4, 0.5) is 9.39 Å². The fourth-order valence-corrected chi connectivity index (χ4v) is 3.16. The van der Waals surface area contributed by atoms with Gasteiger partial charge < -0.3 is 11.1 Å². The lowest BCUT2D eigenvalue weighted by molar-refractivity contribution is 0.0946. The lowest BCUT2D eigenvalue weighted by Crippen LogP contribution is -2.30. The van der Waals surface area contributed by atoms with Crippen molar-refractivity contribution in [2.45, 2.75) is 0 Å². The third kappa shape index (κ3) is 2.85. The Morgan fingerprint density at radius 2 is 2.08 bits per heavy atom. The summed E-state index contributed by atoms with van der Waals surface area (Å²) in [5, 5.41) is 9.51. The van der Waals surface area contributed by atoms with E-state index in [2.05, 4.69) is 10.4 Å². The maximum absolute atomic E-state index is 12.7. The largest absolute Gasteiger partial charge is 0.390 e. The second-order valence-electron chi connectivity index (χ2n) is 4.88. The van der Waals surface area contributed by atoms with Crippen LogP contribution in [0.1, 0.15) is 10.5 Å². The van der Waals surface area contributed by atoms with Gasteiger partial charge in [0.05, 0.1) is 16.1 Å². The second kappa shape index (κ2) is 6.58. The Kier molecular flexibility index (Phi) is 4.50. The van der Waals surface area contributed by atoms with Crippen LogP contribution in [0, 0.1) is 0 Å². The average Bonchev–Trinajstić information content (AvgIpc) is 2.96. The summed E-state index contributed by atoms with van der Waals surface area (Å²) in [6.45, 7) is -0.834. The van der Waals surface area contributed by atoms with E-state index in [0.29, 0.717) is 21.1 Å². The zero-order valence-electron chi connectivity index (χ0n) is 12.3. The first kappa shape index (κ1) is 16.4. The molecule has 3 aromatic rings. The Hall–Kier alpha value is -2.45. The summed E-state index contributed by atoms with van der Waals surface area (Å²) in [4.78, 5) is 24.9. The molecule has 0 saturated heterocycles. The van der Waals surface area contributed by atoms with Gasteiger partial charge in [-0.1, -0.05) is 11.6 Å². The fourth-order valence-electron chi connectivity index (χ4n) is 2.24. The lowest BCUT2D eigenvalue weighted by Gasteiger charge is -2.09. The van der Waals surface area contributed by atoms with E-state index in [-0.39, 0.29) is 17.6 Å². The van der Waals surface area contributed by atoms with Gasteiger partial charge in [-0.15, -0.1) is 11.3 Å². The maximum atomic E-state index is 12.7. The van der Waals surface area contributed by atoms with Crippen LogP contribution in [0.25, 0.3) is 16.5 Å². The van der Waals surface area contributed by atoms with Crippen LogP contribution in [-0.2, 0) is 0 Å². The fraction of sp³-hybridized carbons (Fsp3) is 0.133. The Morgan fingerprint density at radius 1 is 1.38 bits per heavy atom. The van der Waals surface area contributed by atoms with Gasteiger partial charge in [0, 0.05) is 22.3 Å². The molecule has 0 radical (unpaired) electrons. The number of nitrogens with two attached hydrogens (primary N) is 1. The Morgan fingerprint density at radius 3 is 2.75 bits per heavy atom. The number of nitrogens with zero attached hydrogens (tertiary/aromatic N) is 2. The number of anilines is 1. The van der Waals surface area contributed by atoms with E-state index >= 15 is 0 Å². The zero-order valence-corrected chi connectivity index (χ0v) is 13.8. The minimum atomic E-state index is -0.697. The first-order valence-electron chi connectivity index (χ1n) is 6.93. The molecule has 6 nitrogen and oxygen atoms in total. The summed E-state index contributed by atoms with van der Waals surface area (Å²) in [6.07, 6.45) is 0. The number of rotatable bonds is 4. The van der Waals surface area contributed by atoms with Crippen molar-refractivity contribution in [2.24, 2.45) is 0 Å². The van der Waals surface area contributed by atoms with Gasteiger partial charge in [-0.2, -0.15) is 9.78 Å². The number of nitrogen functional groups attached to an aromatic ring is 1. The summed E-state index contributed by atoms with van der Waals surface area (Å²) < 4.78 is 13.4. The van der Waals surface area contributed by atoms with Crippen molar-refractivity contribution in [1.82, 2.24) is 15.1 Å². The van der Waals surface area contributed by atoms with Crippen molar-refractivity contribution in [3.8, 4) is 5.69 Å². The summed E-state index contributed by atoms with van der Waals surface area (Å²) in [5.41, 5.74) is 5.90. The van der Waals surface area contributed by atoms with Crippen LogP contribution >= 0.6 is 22.9 Å². The monoisotopic (exact) mass is 365 g/mol. The number of carbonyl (C=O) groups is 1. The van der Waals surface area contributed by atoms with E-state index in [9.17, 15) is 14.0 Å². The number of fused-ring (bicyclic) bond motifs is 1. The van der Waals surface area contributed by atoms with E-state index in [1.807, 2.05) is 0 Å².